The molecule has 112 valence electrons. The zero-order chi connectivity index (χ0) is 14.5. The highest BCUT2D eigenvalue weighted by molar-refractivity contribution is 8.00. The van der Waals surface area contributed by atoms with E-state index in [1.807, 2.05) is 48.3 Å². The summed E-state index contributed by atoms with van der Waals surface area (Å²) in [4.78, 5) is 1.69. The highest BCUT2D eigenvalue weighted by atomic mass is 32.2. The Balaban J connectivity index is 1.56. The average molecular weight is 302 g/mol. The highest BCUT2D eigenvalue weighted by Gasteiger charge is 2.32. The van der Waals surface area contributed by atoms with Crippen LogP contribution in [0.5, 0.6) is 0 Å². The van der Waals surface area contributed by atoms with Crippen LogP contribution >= 0.6 is 11.8 Å². The van der Waals surface area contributed by atoms with Gasteiger partial charge in [0.25, 0.3) is 0 Å². The van der Waals surface area contributed by atoms with Gasteiger partial charge in [0.15, 0.2) is 0 Å². The van der Waals surface area contributed by atoms with Crippen LogP contribution in [0.25, 0.3) is 5.69 Å². The molecule has 1 aliphatic rings. The molecule has 0 amide bonds. The molecule has 1 saturated carbocycles. The van der Waals surface area contributed by atoms with Gasteiger partial charge in [0.2, 0.25) is 0 Å². The number of rotatable bonds is 6. The van der Waals surface area contributed by atoms with Gasteiger partial charge in [-0.25, -0.2) is 0 Å². The minimum Gasteiger partial charge on any atom is -0.310 e. The molecule has 1 aliphatic carbocycles. The molecule has 1 aromatic carbocycles. The third kappa shape index (κ3) is 3.47. The molecule has 0 spiro atoms. The van der Waals surface area contributed by atoms with Crippen molar-refractivity contribution in [1.82, 2.24) is 20.3 Å². The molecule has 3 rings (SSSR count). The van der Waals surface area contributed by atoms with Gasteiger partial charge >= 0.3 is 0 Å². The Bertz CT molecular complexity index is 561. The molecule has 0 unspecified atom stereocenters. The van der Waals surface area contributed by atoms with Crippen LogP contribution in [-0.4, -0.2) is 32.5 Å². The van der Waals surface area contributed by atoms with Gasteiger partial charge in [-0.3, -0.25) is 0 Å². The second-order valence-electron chi connectivity index (χ2n) is 5.66. The Morgan fingerprint density at radius 3 is 2.71 bits per heavy atom. The maximum atomic E-state index is 4.53. The molecule has 0 atom stereocenters. The first-order valence-corrected chi connectivity index (χ1v) is 8.76. The molecule has 0 radical (unpaired) electrons. The van der Waals surface area contributed by atoms with Crippen molar-refractivity contribution in [2.24, 2.45) is 0 Å². The Labute approximate surface area is 130 Å². The van der Waals surface area contributed by atoms with Crippen molar-refractivity contribution in [3.05, 3.63) is 42.2 Å². The van der Waals surface area contributed by atoms with Crippen LogP contribution in [0.2, 0.25) is 0 Å². The summed E-state index contributed by atoms with van der Waals surface area (Å²) in [5, 5.41) is 12.4. The van der Waals surface area contributed by atoms with Crippen molar-refractivity contribution < 1.29 is 0 Å². The number of para-hydroxylation sites is 1. The van der Waals surface area contributed by atoms with Crippen LogP contribution in [0.4, 0.5) is 0 Å². The third-order valence-corrected chi connectivity index (χ3v) is 5.65. The van der Waals surface area contributed by atoms with E-state index >= 15 is 0 Å². The van der Waals surface area contributed by atoms with Gasteiger partial charge in [-0.05, 0) is 31.2 Å². The number of benzene rings is 1. The second-order valence-corrected chi connectivity index (χ2v) is 6.93. The van der Waals surface area contributed by atoms with Gasteiger partial charge in [0.1, 0.15) is 0 Å². The first-order valence-electron chi connectivity index (χ1n) is 7.54. The number of nitrogens with zero attached hydrogens (tertiary/aromatic N) is 3. The molecule has 0 bridgehead atoms. The largest absolute Gasteiger partial charge is 0.310 e. The summed E-state index contributed by atoms with van der Waals surface area (Å²) in [7, 11) is 0. The lowest BCUT2D eigenvalue weighted by atomic mass is 10.1. The van der Waals surface area contributed by atoms with Crippen molar-refractivity contribution in [1.29, 1.82) is 0 Å². The predicted molar refractivity (Wildman–Crippen MR) is 87.8 cm³/mol. The summed E-state index contributed by atoms with van der Waals surface area (Å²) >= 11 is 2.01. The standard InChI is InChI=1S/C16H22N4S/c1-21-16(9-5-6-10-16)13-17-11-14-12-18-20(19-14)15-7-3-2-4-8-15/h2-4,7-8,12,17H,5-6,9-11,13H2,1H3. The number of thioether (sulfide) groups is 1. The van der Waals surface area contributed by atoms with Gasteiger partial charge < -0.3 is 5.32 Å². The van der Waals surface area contributed by atoms with E-state index in [-0.39, 0.29) is 0 Å². The molecule has 4 nitrogen and oxygen atoms in total. The van der Waals surface area contributed by atoms with E-state index in [9.17, 15) is 0 Å². The van der Waals surface area contributed by atoms with E-state index in [4.69, 9.17) is 0 Å². The van der Waals surface area contributed by atoms with Crippen molar-refractivity contribution in [2.45, 2.75) is 37.0 Å². The Hall–Kier alpha value is -1.33. The SMILES string of the molecule is CSC1(CNCc2cnn(-c3ccccc3)n2)CCCC1. The zero-order valence-corrected chi connectivity index (χ0v) is 13.3. The molecule has 1 aromatic heterocycles. The molecule has 2 aromatic rings. The number of hydrogen-bond donors (Lipinski definition) is 1. The third-order valence-electron chi connectivity index (χ3n) is 4.23. The monoisotopic (exact) mass is 302 g/mol. The number of nitrogens with one attached hydrogen (secondary N) is 1. The fraction of sp³-hybridized carbons (Fsp3) is 0.500. The van der Waals surface area contributed by atoms with Crippen LogP contribution in [0.3, 0.4) is 0 Å². The summed E-state index contributed by atoms with van der Waals surface area (Å²) in [5.41, 5.74) is 1.99. The summed E-state index contributed by atoms with van der Waals surface area (Å²) in [6, 6.07) is 10.0. The lowest BCUT2D eigenvalue weighted by Gasteiger charge is -2.26. The maximum Gasteiger partial charge on any atom is 0.0969 e. The Kier molecular flexibility index (Phi) is 4.60. The van der Waals surface area contributed by atoms with E-state index in [0.717, 1.165) is 24.5 Å². The van der Waals surface area contributed by atoms with Crippen molar-refractivity contribution in [2.75, 3.05) is 12.8 Å². The first kappa shape index (κ1) is 14.6. The predicted octanol–water partition coefficient (Wildman–Crippen LogP) is 3.03. The molecular weight excluding hydrogens is 280 g/mol. The molecule has 0 aliphatic heterocycles. The smallest absolute Gasteiger partial charge is 0.0969 e. The molecule has 0 saturated heterocycles. The highest BCUT2D eigenvalue weighted by Crippen LogP contribution is 2.39. The van der Waals surface area contributed by atoms with Gasteiger partial charge in [-0.2, -0.15) is 26.8 Å². The number of hydrogen-bond acceptors (Lipinski definition) is 4. The van der Waals surface area contributed by atoms with Crippen molar-refractivity contribution in [3.8, 4) is 5.69 Å². The topological polar surface area (TPSA) is 42.7 Å². The molecule has 1 N–H and O–H groups in total. The van der Waals surface area contributed by atoms with Crippen molar-refractivity contribution >= 4 is 11.8 Å². The van der Waals surface area contributed by atoms with E-state index in [1.54, 1.807) is 4.80 Å². The molecule has 1 fully saturated rings. The molecule has 1 heterocycles. The maximum absolute atomic E-state index is 4.53. The summed E-state index contributed by atoms with van der Waals surface area (Å²) < 4.78 is 0.440. The fourth-order valence-electron chi connectivity index (χ4n) is 2.95. The van der Waals surface area contributed by atoms with Gasteiger partial charge in [0, 0.05) is 17.8 Å². The minimum atomic E-state index is 0.440. The van der Waals surface area contributed by atoms with Crippen LogP contribution in [0.15, 0.2) is 36.5 Å². The van der Waals surface area contributed by atoms with Crippen LogP contribution in [0.1, 0.15) is 31.4 Å². The van der Waals surface area contributed by atoms with Crippen LogP contribution < -0.4 is 5.32 Å². The molecular formula is C16H22N4S. The molecule has 21 heavy (non-hydrogen) atoms. The van der Waals surface area contributed by atoms with E-state index in [2.05, 4.69) is 21.8 Å². The van der Waals surface area contributed by atoms with E-state index < -0.39 is 0 Å². The van der Waals surface area contributed by atoms with Gasteiger partial charge in [-0.15, -0.1) is 0 Å². The quantitative estimate of drug-likeness (QED) is 0.890. The lowest BCUT2D eigenvalue weighted by Crippen LogP contribution is -2.34. The normalized spacial score (nSPS) is 17.2. The number of aromatic nitrogens is 3. The summed E-state index contributed by atoms with van der Waals surface area (Å²) in [6.45, 7) is 1.85. The lowest BCUT2D eigenvalue weighted by molar-refractivity contribution is 0.529. The zero-order valence-electron chi connectivity index (χ0n) is 12.5. The van der Waals surface area contributed by atoms with E-state index in [1.165, 1.54) is 25.7 Å². The van der Waals surface area contributed by atoms with Crippen LogP contribution in [0, 0.1) is 0 Å². The average Bonchev–Trinajstić information content (AvgIpc) is 3.18. The van der Waals surface area contributed by atoms with E-state index in [0.29, 0.717) is 4.75 Å². The van der Waals surface area contributed by atoms with Gasteiger partial charge in [0.05, 0.1) is 17.6 Å². The summed E-state index contributed by atoms with van der Waals surface area (Å²) in [5.74, 6) is 0. The molecule has 5 heteroatoms. The second kappa shape index (κ2) is 6.62. The minimum absolute atomic E-state index is 0.440. The summed E-state index contributed by atoms with van der Waals surface area (Å²) in [6.07, 6.45) is 9.48. The van der Waals surface area contributed by atoms with Gasteiger partial charge in [-0.1, -0.05) is 31.0 Å². The Morgan fingerprint density at radius 2 is 2.00 bits per heavy atom. The Morgan fingerprint density at radius 1 is 1.24 bits per heavy atom. The first-order chi connectivity index (χ1) is 10.3. The fourth-order valence-corrected chi connectivity index (χ4v) is 3.90. The van der Waals surface area contributed by atoms with Crippen LogP contribution in [-0.2, 0) is 6.54 Å². The van der Waals surface area contributed by atoms with Crippen molar-refractivity contribution in [3.63, 3.8) is 0 Å².